The zero-order valence-corrected chi connectivity index (χ0v) is 10.7. The minimum absolute atomic E-state index is 0.0632. The molecule has 0 radical (unpaired) electrons. The van der Waals surface area contributed by atoms with Gasteiger partial charge in [-0.3, -0.25) is 4.79 Å². The molecule has 0 saturated heterocycles. The van der Waals surface area contributed by atoms with Crippen LogP contribution < -0.4 is 5.32 Å². The van der Waals surface area contributed by atoms with Crippen molar-refractivity contribution >= 4 is 34.8 Å². The number of carboxylic acids is 1. The summed E-state index contributed by atoms with van der Waals surface area (Å²) in [5.41, 5.74) is 0. The molecule has 0 aromatic carbocycles. The van der Waals surface area contributed by atoms with Crippen LogP contribution in [-0.4, -0.2) is 36.7 Å². The molecule has 0 aliphatic carbocycles. The molecule has 1 atom stereocenters. The first-order valence-electron chi connectivity index (χ1n) is 4.78. The first-order chi connectivity index (χ1) is 8.02. The van der Waals surface area contributed by atoms with Crippen molar-refractivity contribution in [2.75, 3.05) is 13.7 Å². The van der Waals surface area contributed by atoms with E-state index in [-0.39, 0.29) is 18.9 Å². The molecule has 17 heavy (non-hydrogen) atoms. The van der Waals surface area contributed by atoms with Gasteiger partial charge in [0.05, 0.1) is 17.4 Å². The van der Waals surface area contributed by atoms with Crippen LogP contribution in [0.1, 0.15) is 4.88 Å². The van der Waals surface area contributed by atoms with Gasteiger partial charge in [0.25, 0.3) is 0 Å². The summed E-state index contributed by atoms with van der Waals surface area (Å²) in [4.78, 5) is 23.1. The molecule has 0 fully saturated rings. The lowest BCUT2D eigenvalue weighted by atomic mass is 10.2. The molecule has 5 nitrogen and oxygen atoms in total. The molecule has 1 aromatic heterocycles. The summed E-state index contributed by atoms with van der Waals surface area (Å²) < 4.78 is 5.30. The van der Waals surface area contributed by atoms with Crippen molar-refractivity contribution in [3.63, 3.8) is 0 Å². The fourth-order valence-electron chi connectivity index (χ4n) is 1.19. The van der Waals surface area contributed by atoms with Crippen LogP contribution in [0.3, 0.4) is 0 Å². The van der Waals surface area contributed by atoms with Crippen LogP contribution in [0.5, 0.6) is 0 Å². The van der Waals surface area contributed by atoms with E-state index >= 15 is 0 Å². The van der Waals surface area contributed by atoms with E-state index in [9.17, 15) is 9.59 Å². The maximum Gasteiger partial charge on any atom is 0.328 e. The molecule has 2 N–H and O–H groups in total. The lowest BCUT2D eigenvalue weighted by Gasteiger charge is -2.12. The summed E-state index contributed by atoms with van der Waals surface area (Å²) in [7, 11) is 1.38. The molecule has 1 amide bonds. The zero-order chi connectivity index (χ0) is 12.8. The van der Waals surface area contributed by atoms with Gasteiger partial charge in [-0.05, 0) is 12.1 Å². The summed E-state index contributed by atoms with van der Waals surface area (Å²) in [6, 6.07) is 2.40. The van der Waals surface area contributed by atoms with E-state index in [1.165, 1.54) is 18.4 Å². The second-order valence-corrected chi connectivity index (χ2v) is 5.10. The monoisotopic (exact) mass is 277 g/mol. The number of carboxylic acid groups (broad SMARTS) is 1. The molecule has 1 unspecified atom stereocenters. The maximum atomic E-state index is 11.5. The number of halogens is 1. The summed E-state index contributed by atoms with van der Waals surface area (Å²) in [6.07, 6.45) is 0.116. The van der Waals surface area contributed by atoms with E-state index in [0.29, 0.717) is 4.34 Å². The molecule has 7 heteroatoms. The number of carbonyl (C=O) groups excluding carboxylic acids is 1. The van der Waals surface area contributed by atoms with E-state index in [4.69, 9.17) is 21.4 Å². The van der Waals surface area contributed by atoms with E-state index in [2.05, 4.69) is 5.32 Å². The number of methoxy groups -OCH3 is 1. The van der Waals surface area contributed by atoms with E-state index in [1.807, 2.05) is 0 Å². The van der Waals surface area contributed by atoms with Gasteiger partial charge in [-0.1, -0.05) is 11.6 Å². The quantitative estimate of drug-likeness (QED) is 0.818. The number of aliphatic carboxylic acids is 1. The van der Waals surface area contributed by atoms with Crippen molar-refractivity contribution < 1.29 is 19.4 Å². The van der Waals surface area contributed by atoms with Gasteiger partial charge < -0.3 is 15.2 Å². The smallest absolute Gasteiger partial charge is 0.328 e. The van der Waals surface area contributed by atoms with Gasteiger partial charge >= 0.3 is 5.97 Å². The highest BCUT2D eigenvalue weighted by Gasteiger charge is 2.19. The number of hydrogen-bond acceptors (Lipinski definition) is 4. The van der Waals surface area contributed by atoms with Crippen LogP contribution in [0, 0.1) is 0 Å². The molecule has 0 spiro atoms. The standard InChI is InChI=1S/C10H12ClNO4S/c1-16-5-7(10(14)15)12-9(13)4-6-2-3-8(11)17-6/h2-3,7H,4-5H2,1H3,(H,12,13)(H,14,15). The van der Waals surface area contributed by atoms with Crippen LogP contribution >= 0.6 is 22.9 Å². The molecule has 94 valence electrons. The van der Waals surface area contributed by atoms with E-state index in [1.54, 1.807) is 12.1 Å². The van der Waals surface area contributed by atoms with Crippen LogP contribution in [0.25, 0.3) is 0 Å². The summed E-state index contributed by atoms with van der Waals surface area (Å²) in [6.45, 7) is -0.0632. The maximum absolute atomic E-state index is 11.5. The van der Waals surface area contributed by atoms with E-state index < -0.39 is 12.0 Å². The summed E-state index contributed by atoms with van der Waals surface area (Å²) in [5.74, 6) is -1.49. The van der Waals surface area contributed by atoms with Crippen LogP contribution in [0.4, 0.5) is 0 Å². The summed E-state index contributed by atoms with van der Waals surface area (Å²) in [5, 5.41) is 11.2. The Morgan fingerprint density at radius 3 is 2.76 bits per heavy atom. The minimum atomic E-state index is -1.12. The van der Waals surface area contributed by atoms with Gasteiger partial charge in [-0.25, -0.2) is 4.79 Å². The van der Waals surface area contributed by atoms with Gasteiger partial charge in [0.2, 0.25) is 5.91 Å². The van der Waals surface area contributed by atoms with Gasteiger partial charge in [-0.2, -0.15) is 0 Å². The van der Waals surface area contributed by atoms with Crippen molar-refractivity contribution in [3.05, 3.63) is 21.3 Å². The average molecular weight is 278 g/mol. The molecule has 0 aliphatic heterocycles. The highest BCUT2D eigenvalue weighted by atomic mass is 35.5. The number of rotatable bonds is 6. The third-order valence-electron chi connectivity index (χ3n) is 1.93. The fourth-order valence-corrected chi connectivity index (χ4v) is 2.28. The Balaban J connectivity index is 2.50. The number of thiophene rings is 1. The SMILES string of the molecule is COCC(NC(=O)Cc1ccc(Cl)s1)C(=O)O. The van der Waals surface area contributed by atoms with Crippen LogP contribution in [0.15, 0.2) is 12.1 Å². The van der Waals surface area contributed by atoms with Crippen molar-refractivity contribution in [1.82, 2.24) is 5.32 Å². The van der Waals surface area contributed by atoms with Crippen molar-refractivity contribution in [3.8, 4) is 0 Å². The predicted octanol–water partition coefficient (Wildman–Crippen LogP) is 1.16. The zero-order valence-electron chi connectivity index (χ0n) is 9.10. The molecule has 1 aromatic rings. The Morgan fingerprint density at radius 2 is 2.29 bits per heavy atom. The molecular formula is C10H12ClNO4S. The second-order valence-electron chi connectivity index (χ2n) is 3.30. The second kappa shape index (κ2) is 6.58. The lowest BCUT2D eigenvalue weighted by molar-refractivity contribution is -0.143. The van der Waals surface area contributed by atoms with Crippen LogP contribution in [0.2, 0.25) is 4.34 Å². The highest BCUT2D eigenvalue weighted by molar-refractivity contribution is 7.16. The predicted molar refractivity (Wildman–Crippen MR) is 64.5 cm³/mol. The van der Waals surface area contributed by atoms with Crippen molar-refractivity contribution in [2.45, 2.75) is 12.5 Å². The molecule has 1 rings (SSSR count). The third kappa shape index (κ3) is 4.72. The van der Waals surface area contributed by atoms with Crippen molar-refractivity contribution in [2.24, 2.45) is 0 Å². The molecule has 0 bridgehead atoms. The molecule has 1 heterocycles. The Morgan fingerprint density at radius 1 is 1.59 bits per heavy atom. The normalized spacial score (nSPS) is 12.1. The Labute approximate surface area is 107 Å². The van der Waals surface area contributed by atoms with E-state index in [0.717, 1.165) is 4.88 Å². The number of nitrogens with one attached hydrogen (secondary N) is 1. The van der Waals surface area contributed by atoms with Gasteiger partial charge in [0.1, 0.15) is 0 Å². The third-order valence-corrected chi connectivity index (χ3v) is 3.16. The molecule has 0 aliphatic rings. The summed E-state index contributed by atoms with van der Waals surface area (Å²) >= 11 is 7.01. The Bertz CT molecular complexity index is 407. The fraction of sp³-hybridized carbons (Fsp3) is 0.400. The first-order valence-corrected chi connectivity index (χ1v) is 5.97. The molecule has 0 saturated carbocycles. The highest BCUT2D eigenvalue weighted by Crippen LogP contribution is 2.21. The topological polar surface area (TPSA) is 75.6 Å². The van der Waals surface area contributed by atoms with Crippen LogP contribution in [-0.2, 0) is 20.7 Å². The van der Waals surface area contributed by atoms with Gasteiger partial charge in [0.15, 0.2) is 6.04 Å². The van der Waals surface area contributed by atoms with Gasteiger partial charge in [-0.15, -0.1) is 11.3 Å². The Kier molecular flexibility index (Phi) is 5.40. The van der Waals surface area contributed by atoms with Gasteiger partial charge in [0, 0.05) is 12.0 Å². The lowest BCUT2D eigenvalue weighted by Crippen LogP contribution is -2.44. The number of ether oxygens (including phenoxy) is 1. The van der Waals surface area contributed by atoms with Crippen molar-refractivity contribution in [1.29, 1.82) is 0 Å². The minimum Gasteiger partial charge on any atom is -0.480 e. The largest absolute Gasteiger partial charge is 0.480 e. The molecular weight excluding hydrogens is 266 g/mol. The Hall–Kier alpha value is -1.11. The number of amides is 1. The first kappa shape index (κ1) is 14.0. The number of carbonyl (C=O) groups is 2. The average Bonchev–Trinajstić information content (AvgIpc) is 2.63. The number of hydrogen-bond donors (Lipinski definition) is 2.